The zero-order chi connectivity index (χ0) is 21.5. The number of nitrogens with zero attached hydrogens (tertiary/aromatic N) is 2. The number of amides is 1. The Hall–Kier alpha value is -1.51. The van der Waals surface area contributed by atoms with Gasteiger partial charge in [-0.15, -0.1) is 24.0 Å². The average Bonchev–Trinajstić information content (AvgIpc) is 3.11. The van der Waals surface area contributed by atoms with Crippen LogP contribution in [0.25, 0.3) is 0 Å². The van der Waals surface area contributed by atoms with Gasteiger partial charge in [0.15, 0.2) is 5.96 Å². The molecule has 0 aromatic heterocycles. The maximum absolute atomic E-state index is 11.9. The van der Waals surface area contributed by atoms with E-state index in [0.717, 1.165) is 42.2 Å². The predicted molar refractivity (Wildman–Crippen MR) is 139 cm³/mol. The molecular formula is C23H29Cl2IN4O. The number of benzene rings is 2. The number of rotatable bonds is 7. The number of halogens is 3. The topological polar surface area (TPSA) is 56.7 Å². The molecule has 1 fully saturated rings. The van der Waals surface area contributed by atoms with Gasteiger partial charge in [0.05, 0.1) is 12.6 Å². The summed E-state index contributed by atoms with van der Waals surface area (Å²) in [6.45, 7) is 6.88. The molecule has 0 spiro atoms. The van der Waals surface area contributed by atoms with Gasteiger partial charge in [0.1, 0.15) is 0 Å². The van der Waals surface area contributed by atoms with Gasteiger partial charge in [-0.3, -0.25) is 4.79 Å². The van der Waals surface area contributed by atoms with Crippen molar-refractivity contribution in [2.75, 3.05) is 13.1 Å². The van der Waals surface area contributed by atoms with Crippen molar-refractivity contribution in [2.45, 2.75) is 45.8 Å². The Balaban J connectivity index is 0.00000341. The van der Waals surface area contributed by atoms with E-state index in [0.29, 0.717) is 29.6 Å². The van der Waals surface area contributed by atoms with Gasteiger partial charge in [-0.1, -0.05) is 53.5 Å². The van der Waals surface area contributed by atoms with Crippen molar-refractivity contribution in [3.8, 4) is 0 Å². The SMILES string of the molecule is CCNC(=NCc1cccc(CN2CCCC2=O)c1)NC(C)c1ccc(Cl)cc1Cl.I. The van der Waals surface area contributed by atoms with Gasteiger partial charge < -0.3 is 15.5 Å². The molecule has 1 atom stereocenters. The van der Waals surface area contributed by atoms with E-state index in [4.69, 9.17) is 28.2 Å². The van der Waals surface area contributed by atoms with Crippen molar-refractivity contribution in [2.24, 2.45) is 4.99 Å². The van der Waals surface area contributed by atoms with Crippen LogP contribution in [0.1, 0.15) is 49.4 Å². The van der Waals surface area contributed by atoms with Gasteiger partial charge in [-0.2, -0.15) is 0 Å². The maximum atomic E-state index is 11.9. The number of likely N-dealkylation sites (tertiary alicyclic amines) is 1. The fraction of sp³-hybridized carbons (Fsp3) is 0.391. The Morgan fingerprint density at radius 3 is 2.65 bits per heavy atom. The summed E-state index contributed by atoms with van der Waals surface area (Å²) in [5.41, 5.74) is 3.20. The van der Waals surface area contributed by atoms with Crippen LogP contribution in [0.2, 0.25) is 10.0 Å². The lowest BCUT2D eigenvalue weighted by atomic mass is 10.1. The van der Waals surface area contributed by atoms with Crippen LogP contribution < -0.4 is 10.6 Å². The van der Waals surface area contributed by atoms with Gasteiger partial charge >= 0.3 is 0 Å². The normalized spacial score (nSPS) is 14.9. The number of aliphatic imine (C=N–C) groups is 1. The van der Waals surface area contributed by atoms with E-state index in [2.05, 4.69) is 28.8 Å². The summed E-state index contributed by atoms with van der Waals surface area (Å²) >= 11 is 12.3. The Bertz CT molecular complexity index is 922. The monoisotopic (exact) mass is 574 g/mol. The van der Waals surface area contributed by atoms with E-state index in [1.54, 1.807) is 6.07 Å². The second-order valence-corrected chi connectivity index (χ2v) is 8.31. The van der Waals surface area contributed by atoms with Gasteiger partial charge in [0.2, 0.25) is 5.91 Å². The van der Waals surface area contributed by atoms with Gasteiger partial charge in [0, 0.05) is 36.1 Å². The van der Waals surface area contributed by atoms with Crippen molar-refractivity contribution in [1.29, 1.82) is 0 Å². The highest BCUT2D eigenvalue weighted by molar-refractivity contribution is 14.0. The zero-order valence-electron chi connectivity index (χ0n) is 17.8. The van der Waals surface area contributed by atoms with E-state index >= 15 is 0 Å². The fourth-order valence-electron chi connectivity index (χ4n) is 3.54. The minimum atomic E-state index is -0.0277. The molecule has 0 bridgehead atoms. The van der Waals surface area contributed by atoms with E-state index in [9.17, 15) is 4.79 Å². The summed E-state index contributed by atoms with van der Waals surface area (Å²) in [4.78, 5) is 18.5. The molecule has 168 valence electrons. The molecule has 8 heteroatoms. The molecule has 1 aliphatic heterocycles. The Morgan fingerprint density at radius 1 is 1.19 bits per heavy atom. The van der Waals surface area contributed by atoms with Crippen molar-refractivity contribution in [3.05, 3.63) is 69.2 Å². The van der Waals surface area contributed by atoms with Crippen molar-refractivity contribution in [3.63, 3.8) is 0 Å². The van der Waals surface area contributed by atoms with E-state index < -0.39 is 0 Å². The van der Waals surface area contributed by atoms with Crippen LogP contribution >= 0.6 is 47.2 Å². The van der Waals surface area contributed by atoms with Crippen LogP contribution in [0.3, 0.4) is 0 Å². The van der Waals surface area contributed by atoms with Crippen molar-refractivity contribution in [1.82, 2.24) is 15.5 Å². The first-order chi connectivity index (χ1) is 14.5. The second kappa shape index (κ2) is 12.5. The molecule has 0 saturated carbocycles. The fourth-order valence-corrected chi connectivity index (χ4v) is 4.12. The van der Waals surface area contributed by atoms with Gasteiger partial charge in [-0.05, 0) is 49.1 Å². The second-order valence-electron chi connectivity index (χ2n) is 7.47. The van der Waals surface area contributed by atoms with Gasteiger partial charge in [0.25, 0.3) is 0 Å². The Labute approximate surface area is 211 Å². The Kier molecular flexibility index (Phi) is 10.4. The van der Waals surface area contributed by atoms with Gasteiger partial charge in [-0.25, -0.2) is 4.99 Å². The molecule has 2 N–H and O–H groups in total. The van der Waals surface area contributed by atoms with E-state index in [1.807, 2.05) is 36.9 Å². The lowest BCUT2D eigenvalue weighted by Gasteiger charge is -2.19. The summed E-state index contributed by atoms with van der Waals surface area (Å²) in [6, 6.07) is 13.7. The number of hydrogen-bond acceptors (Lipinski definition) is 2. The van der Waals surface area contributed by atoms with Crippen LogP contribution in [-0.2, 0) is 17.9 Å². The number of guanidine groups is 1. The maximum Gasteiger partial charge on any atom is 0.222 e. The number of carbonyl (C=O) groups excluding carboxylic acids is 1. The summed E-state index contributed by atoms with van der Waals surface area (Å²) in [5, 5.41) is 7.93. The highest BCUT2D eigenvalue weighted by atomic mass is 127. The lowest BCUT2D eigenvalue weighted by molar-refractivity contribution is -0.128. The van der Waals surface area contributed by atoms with E-state index in [-0.39, 0.29) is 35.9 Å². The molecule has 1 saturated heterocycles. The molecule has 3 rings (SSSR count). The molecule has 2 aromatic carbocycles. The van der Waals surface area contributed by atoms with Crippen LogP contribution in [0.4, 0.5) is 0 Å². The zero-order valence-corrected chi connectivity index (χ0v) is 21.7. The molecule has 5 nitrogen and oxygen atoms in total. The molecule has 2 aromatic rings. The molecular weight excluding hydrogens is 546 g/mol. The van der Waals surface area contributed by atoms with Crippen LogP contribution in [0, 0.1) is 0 Å². The number of hydrogen-bond donors (Lipinski definition) is 2. The standard InChI is InChI=1S/C23H28Cl2N4O.HI/c1-3-26-23(28-16(2)20-10-9-19(24)13-21(20)25)27-14-17-6-4-7-18(12-17)15-29-11-5-8-22(29)30;/h4,6-7,9-10,12-13,16H,3,5,8,11,14-15H2,1-2H3,(H2,26,27,28);1H. The summed E-state index contributed by atoms with van der Waals surface area (Å²) in [7, 11) is 0. The summed E-state index contributed by atoms with van der Waals surface area (Å²) < 4.78 is 0. The first-order valence-electron chi connectivity index (χ1n) is 10.3. The van der Waals surface area contributed by atoms with Crippen molar-refractivity contribution < 1.29 is 4.79 Å². The highest BCUT2D eigenvalue weighted by Crippen LogP contribution is 2.26. The van der Waals surface area contributed by atoms with Crippen LogP contribution in [0.15, 0.2) is 47.5 Å². The van der Waals surface area contributed by atoms with Crippen LogP contribution in [-0.4, -0.2) is 29.9 Å². The molecule has 1 amide bonds. The molecule has 0 aliphatic carbocycles. The highest BCUT2D eigenvalue weighted by Gasteiger charge is 2.20. The molecule has 1 heterocycles. The quantitative estimate of drug-likeness (QED) is 0.259. The third kappa shape index (κ3) is 7.54. The summed E-state index contributed by atoms with van der Waals surface area (Å²) in [6.07, 6.45) is 1.62. The average molecular weight is 575 g/mol. The van der Waals surface area contributed by atoms with E-state index in [1.165, 1.54) is 0 Å². The number of nitrogens with one attached hydrogen (secondary N) is 2. The first kappa shape index (κ1) is 25.7. The third-order valence-corrected chi connectivity index (χ3v) is 5.64. The van der Waals surface area contributed by atoms with Crippen LogP contribution in [0.5, 0.6) is 0 Å². The first-order valence-corrected chi connectivity index (χ1v) is 11.1. The third-order valence-electron chi connectivity index (χ3n) is 5.08. The lowest BCUT2D eigenvalue weighted by Crippen LogP contribution is -2.38. The molecule has 0 radical (unpaired) electrons. The molecule has 1 aliphatic rings. The number of carbonyl (C=O) groups is 1. The smallest absolute Gasteiger partial charge is 0.222 e. The Morgan fingerprint density at radius 2 is 1.97 bits per heavy atom. The minimum absolute atomic E-state index is 0. The predicted octanol–water partition coefficient (Wildman–Crippen LogP) is 5.55. The molecule has 1 unspecified atom stereocenters. The summed E-state index contributed by atoms with van der Waals surface area (Å²) in [5.74, 6) is 0.961. The molecule has 31 heavy (non-hydrogen) atoms. The minimum Gasteiger partial charge on any atom is -0.357 e. The van der Waals surface area contributed by atoms with Crippen molar-refractivity contribution >= 4 is 59.0 Å². The largest absolute Gasteiger partial charge is 0.357 e.